The number of hydrogen-bond acceptors (Lipinski definition) is 4. The van der Waals surface area contributed by atoms with Crippen molar-refractivity contribution in [1.82, 2.24) is 14.8 Å². The second-order valence-corrected chi connectivity index (χ2v) is 7.62. The lowest BCUT2D eigenvalue weighted by Crippen LogP contribution is -2.47. The second-order valence-electron chi connectivity index (χ2n) is 6.41. The Morgan fingerprint density at radius 1 is 1.14 bits per heavy atom. The van der Waals surface area contributed by atoms with E-state index in [2.05, 4.69) is 20.2 Å². The highest BCUT2D eigenvalue weighted by Gasteiger charge is 2.26. The molecule has 1 aromatic rings. The zero-order valence-corrected chi connectivity index (χ0v) is 14.3. The van der Waals surface area contributed by atoms with Crippen molar-refractivity contribution in [2.75, 3.05) is 39.3 Å². The minimum absolute atomic E-state index is 0.543. The molecule has 3 rings (SSSR count). The fourth-order valence-corrected chi connectivity index (χ4v) is 4.07. The van der Waals surface area contributed by atoms with E-state index >= 15 is 0 Å². The zero-order valence-electron chi connectivity index (χ0n) is 12.8. The quantitative estimate of drug-likeness (QED) is 0.540. The summed E-state index contributed by atoms with van der Waals surface area (Å²) in [4.78, 5) is 9.82. The molecule has 0 amide bonds. The third-order valence-electron chi connectivity index (χ3n) is 4.53. The third kappa shape index (κ3) is 5.20. The van der Waals surface area contributed by atoms with Crippen molar-refractivity contribution in [3.8, 4) is 0 Å². The first-order valence-electron chi connectivity index (χ1n) is 8.27. The topological polar surface area (TPSA) is 19.4 Å². The van der Waals surface area contributed by atoms with Crippen LogP contribution in [0.5, 0.6) is 0 Å². The SMILES string of the molecule is ClCc1csc(CCCCN2CCN(CC3CC3)CC2)n1. The van der Waals surface area contributed by atoms with Crippen LogP contribution in [0.4, 0.5) is 0 Å². The molecule has 1 saturated carbocycles. The van der Waals surface area contributed by atoms with E-state index in [0.717, 1.165) is 18.0 Å². The molecule has 1 aliphatic carbocycles. The number of halogens is 1. The number of nitrogens with zero attached hydrogens (tertiary/aromatic N) is 3. The van der Waals surface area contributed by atoms with Gasteiger partial charge < -0.3 is 9.80 Å². The molecule has 118 valence electrons. The summed E-state index contributed by atoms with van der Waals surface area (Å²) < 4.78 is 0. The summed E-state index contributed by atoms with van der Waals surface area (Å²) in [5.41, 5.74) is 1.03. The van der Waals surface area contributed by atoms with E-state index in [4.69, 9.17) is 11.6 Å². The van der Waals surface area contributed by atoms with Crippen LogP contribution in [0.25, 0.3) is 0 Å². The number of aryl methyl sites for hydroxylation is 1. The predicted molar refractivity (Wildman–Crippen MR) is 90.2 cm³/mol. The molecule has 0 bridgehead atoms. The standard InChI is InChI=1S/C16H26ClN3S/c17-11-15-13-21-16(18-15)3-1-2-6-19-7-9-20(10-8-19)12-14-4-5-14/h13-14H,1-12H2. The third-order valence-corrected chi connectivity index (χ3v) is 5.76. The summed E-state index contributed by atoms with van der Waals surface area (Å²) in [6, 6.07) is 0. The van der Waals surface area contributed by atoms with Crippen LogP contribution in [0.1, 0.15) is 36.4 Å². The second kappa shape index (κ2) is 7.91. The highest BCUT2D eigenvalue weighted by molar-refractivity contribution is 7.09. The largest absolute Gasteiger partial charge is 0.301 e. The average molecular weight is 328 g/mol. The van der Waals surface area contributed by atoms with Crippen molar-refractivity contribution in [2.24, 2.45) is 5.92 Å². The normalized spacial score (nSPS) is 21.0. The van der Waals surface area contributed by atoms with E-state index in [1.165, 1.54) is 70.0 Å². The summed E-state index contributed by atoms with van der Waals surface area (Å²) in [6.07, 6.45) is 6.60. The first kappa shape index (κ1) is 15.7. The number of rotatable bonds is 8. The molecule has 21 heavy (non-hydrogen) atoms. The molecule has 0 aromatic carbocycles. The summed E-state index contributed by atoms with van der Waals surface area (Å²) >= 11 is 7.54. The summed E-state index contributed by atoms with van der Waals surface area (Å²) in [5, 5.41) is 3.33. The van der Waals surface area contributed by atoms with Gasteiger partial charge in [0.2, 0.25) is 0 Å². The van der Waals surface area contributed by atoms with Gasteiger partial charge in [0.05, 0.1) is 16.6 Å². The lowest BCUT2D eigenvalue weighted by atomic mass is 10.2. The van der Waals surface area contributed by atoms with Crippen molar-refractivity contribution in [1.29, 1.82) is 0 Å². The molecule has 0 N–H and O–H groups in total. The summed E-state index contributed by atoms with van der Waals surface area (Å²) in [5.74, 6) is 1.58. The molecule has 0 atom stereocenters. The van der Waals surface area contributed by atoms with Crippen LogP contribution >= 0.6 is 22.9 Å². The van der Waals surface area contributed by atoms with E-state index in [-0.39, 0.29) is 0 Å². The van der Waals surface area contributed by atoms with Crippen LogP contribution in [0, 0.1) is 5.92 Å². The maximum atomic E-state index is 5.78. The maximum Gasteiger partial charge on any atom is 0.0928 e. The van der Waals surface area contributed by atoms with Crippen molar-refractivity contribution in [2.45, 2.75) is 38.0 Å². The van der Waals surface area contributed by atoms with Gasteiger partial charge in [-0.15, -0.1) is 22.9 Å². The molecular formula is C16H26ClN3S. The molecule has 1 aliphatic heterocycles. The maximum absolute atomic E-state index is 5.78. The van der Waals surface area contributed by atoms with Crippen LogP contribution in [-0.2, 0) is 12.3 Å². The molecule has 3 nitrogen and oxygen atoms in total. The van der Waals surface area contributed by atoms with Crippen LogP contribution in [0.15, 0.2) is 5.38 Å². The molecule has 1 aromatic heterocycles. The van der Waals surface area contributed by atoms with E-state index in [1.807, 2.05) is 0 Å². The highest BCUT2D eigenvalue weighted by atomic mass is 35.5. The van der Waals surface area contributed by atoms with Gasteiger partial charge in [-0.05, 0) is 44.6 Å². The van der Waals surface area contributed by atoms with Gasteiger partial charge in [0.25, 0.3) is 0 Å². The Balaban J connectivity index is 1.26. The van der Waals surface area contributed by atoms with Gasteiger partial charge in [-0.2, -0.15) is 0 Å². The number of unbranched alkanes of at least 4 members (excludes halogenated alkanes) is 1. The lowest BCUT2D eigenvalue weighted by molar-refractivity contribution is 0.127. The smallest absolute Gasteiger partial charge is 0.0928 e. The number of thiazole rings is 1. The molecule has 0 unspecified atom stereocenters. The Labute approximate surface area is 137 Å². The lowest BCUT2D eigenvalue weighted by Gasteiger charge is -2.34. The van der Waals surface area contributed by atoms with E-state index in [0.29, 0.717) is 5.88 Å². The Morgan fingerprint density at radius 3 is 2.57 bits per heavy atom. The summed E-state index contributed by atoms with van der Waals surface area (Å²) in [7, 11) is 0. The van der Waals surface area contributed by atoms with Gasteiger partial charge in [0.15, 0.2) is 0 Å². The minimum atomic E-state index is 0.543. The first-order valence-corrected chi connectivity index (χ1v) is 9.69. The number of alkyl halides is 1. The number of aromatic nitrogens is 1. The van der Waals surface area contributed by atoms with Gasteiger partial charge in [-0.25, -0.2) is 4.98 Å². The average Bonchev–Trinajstić information content (AvgIpc) is 3.20. The van der Waals surface area contributed by atoms with Gasteiger partial charge in [-0.1, -0.05) is 0 Å². The van der Waals surface area contributed by atoms with Crippen LogP contribution in [0.3, 0.4) is 0 Å². The molecule has 5 heteroatoms. The Bertz CT molecular complexity index is 425. The van der Waals surface area contributed by atoms with Gasteiger partial charge >= 0.3 is 0 Å². The fraction of sp³-hybridized carbons (Fsp3) is 0.812. The Hall–Kier alpha value is -0.160. The van der Waals surface area contributed by atoms with Crippen molar-refractivity contribution in [3.05, 3.63) is 16.1 Å². The number of piperazine rings is 1. The Kier molecular flexibility index (Phi) is 5.92. The van der Waals surface area contributed by atoms with Gasteiger partial charge in [0.1, 0.15) is 0 Å². The molecule has 0 spiro atoms. The Morgan fingerprint density at radius 2 is 1.90 bits per heavy atom. The molecule has 2 fully saturated rings. The van der Waals surface area contributed by atoms with Gasteiger partial charge in [-0.3, -0.25) is 0 Å². The van der Waals surface area contributed by atoms with Crippen molar-refractivity contribution < 1.29 is 0 Å². The molecule has 1 saturated heterocycles. The predicted octanol–water partition coefficient (Wildman–Crippen LogP) is 3.23. The minimum Gasteiger partial charge on any atom is -0.301 e. The molecule has 2 aliphatic rings. The van der Waals surface area contributed by atoms with Gasteiger partial charge in [0, 0.05) is 38.1 Å². The van der Waals surface area contributed by atoms with Crippen molar-refractivity contribution in [3.63, 3.8) is 0 Å². The van der Waals surface area contributed by atoms with Crippen LogP contribution < -0.4 is 0 Å². The van der Waals surface area contributed by atoms with Crippen molar-refractivity contribution >= 4 is 22.9 Å². The zero-order chi connectivity index (χ0) is 14.5. The fourth-order valence-electron chi connectivity index (χ4n) is 3.00. The monoisotopic (exact) mass is 327 g/mol. The molecule has 0 radical (unpaired) electrons. The first-order chi connectivity index (χ1) is 10.3. The van der Waals surface area contributed by atoms with E-state index in [9.17, 15) is 0 Å². The number of hydrogen-bond donors (Lipinski definition) is 0. The van der Waals surface area contributed by atoms with Crippen LogP contribution in [0.2, 0.25) is 0 Å². The molecule has 2 heterocycles. The highest BCUT2D eigenvalue weighted by Crippen LogP contribution is 2.29. The van der Waals surface area contributed by atoms with Crippen LogP contribution in [-0.4, -0.2) is 54.1 Å². The van der Waals surface area contributed by atoms with E-state index < -0.39 is 0 Å². The summed E-state index contributed by atoms with van der Waals surface area (Å²) in [6.45, 7) is 7.71. The molecular weight excluding hydrogens is 302 g/mol. The van der Waals surface area contributed by atoms with E-state index in [1.54, 1.807) is 11.3 Å².